The Morgan fingerprint density at radius 2 is 1.12 bits per heavy atom. The van der Waals surface area contributed by atoms with Gasteiger partial charge < -0.3 is 23.8 Å². The smallest absolute Gasteiger partial charge is 0.362 e. The molecule has 0 saturated heterocycles. The molecule has 0 aliphatic rings. The Morgan fingerprint density at radius 1 is 0.596 bits per heavy atom. The predicted molar refractivity (Wildman–Crippen MR) is 215 cm³/mol. The van der Waals surface area contributed by atoms with E-state index in [2.05, 4.69) is 74.6 Å². The van der Waals surface area contributed by atoms with Crippen LogP contribution < -0.4 is 0 Å². The van der Waals surface area contributed by atoms with Crippen molar-refractivity contribution in [3.8, 4) is 0 Å². The summed E-state index contributed by atoms with van der Waals surface area (Å²) in [5, 5.41) is 9.59. The highest BCUT2D eigenvalue weighted by atomic mass is 16.6. The van der Waals surface area contributed by atoms with E-state index in [1.165, 1.54) is 25.7 Å². The normalized spacial score (nSPS) is 13.8. The zero-order valence-corrected chi connectivity index (χ0v) is 33.5. The zero-order valence-electron chi connectivity index (χ0n) is 33.5. The van der Waals surface area contributed by atoms with Gasteiger partial charge in [0.25, 0.3) is 0 Å². The summed E-state index contributed by atoms with van der Waals surface area (Å²) in [5.41, 5.74) is 0. The summed E-state index contributed by atoms with van der Waals surface area (Å²) in [7, 11) is 5.48. The van der Waals surface area contributed by atoms with Crippen LogP contribution in [0.2, 0.25) is 0 Å². The molecule has 296 valence electrons. The van der Waals surface area contributed by atoms with Crippen molar-refractivity contribution in [3.05, 3.63) is 72.9 Å². The quantitative estimate of drug-likeness (QED) is 0.0305. The Balaban J connectivity index is 4.53. The number of likely N-dealkylation sites (N-methyl/N-ethyl adjacent to an activating group) is 1. The Labute approximate surface area is 317 Å². The van der Waals surface area contributed by atoms with Gasteiger partial charge in [-0.3, -0.25) is 9.59 Å². The Morgan fingerprint density at radius 3 is 1.67 bits per heavy atom. The number of ether oxygens (including phenoxy) is 3. The van der Waals surface area contributed by atoms with Crippen molar-refractivity contribution >= 4 is 17.9 Å². The molecule has 0 aromatic carbocycles. The van der Waals surface area contributed by atoms with Crippen LogP contribution in [-0.4, -0.2) is 80.6 Å². The third-order valence-electron chi connectivity index (χ3n) is 8.35. The number of aliphatic carboxylic acids is 1. The molecule has 0 aliphatic carbocycles. The van der Waals surface area contributed by atoms with Crippen molar-refractivity contribution < 1.29 is 38.2 Å². The van der Waals surface area contributed by atoms with Crippen molar-refractivity contribution in [2.45, 2.75) is 148 Å². The number of carbonyl (C=O) groups is 3. The summed E-state index contributed by atoms with van der Waals surface area (Å²) < 4.78 is 17.1. The summed E-state index contributed by atoms with van der Waals surface area (Å²) in [6.45, 7) is 4.47. The van der Waals surface area contributed by atoms with E-state index in [0.29, 0.717) is 19.3 Å². The first kappa shape index (κ1) is 48.8. The number of allylic oxidation sites excluding steroid dienone is 12. The van der Waals surface area contributed by atoms with Crippen LogP contribution in [0.5, 0.6) is 0 Å². The monoisotopic (exact) mass is 729 g/mol. The van der Waals surface area contributed by atoms with E-state index in [9.17, 15) is 19.5 Å². The van der Waals surface area contributed by atoms with Crippen LogP contribution in [0, 0.1) is 0 Å². The van der Waals surface area contributed by atoms with Crippen LogP contribution in [0.1, 0.15) is 136 Å². The minimum atomic E-state index is -0.892. The molecule has 2 atom stereocenters. The number of unbranched alkanes of at least 4 members (excludes halogenated alkanes) is 8. The van der Waals surface area contributed by atoms with Gasteiger partial charge in [0.1, 0.15) is 6.61 Å². The van der Waals surface area contributed by atoms with Gasteiger partial charge >= 0.3 is 17.9 Å². The third-order valence-corrected chi connectivity index (χ3v) is 8.35. The number of hydrogen-bond donors (Lipinski definition) is 1. The lowest BCUT2D eigenvalue weighted by Gasteiger charge is -2.31. The second-order valence-corrected chi connectivity index (χ2v) is 14.1. The van der Waals surface area contributed by atoms with Crippen LogP contribution in [-0.2, 0) is 28.6 Å². The summed E-state index contributed by atoms with van der Waals surface area (Å²) in [4.78, 5) is 36.8. The summed E-state index contributed by atoms with van der Waals surface area (Å²) in [5.74, 6) is -1.60. The van der Waals surface area contributed by atoms with Crippen molar-refractivity contribution in [3.63, 3.8) is 0 Å². The lowest BCUT2D eigenvalue weighted by Crippen LogP contribution is -2.50. The highest BCUT2D eigenvalue weighted by Crippen LogP contribution is 2.11. The maximum absolute atomic E-state index is 12.6. The number of rotatable bonds is 34. The van der Waals surface area contributed by atoms with Gasteiger partial charge in [-0.05, 0) is 70.6 Å². The number of carboxylic acid groups (broad SMARTS) is 1. The Hall–Kier alpha value is -3.23. The molecule has 0 bridgehead atoms. The zero-order chi connectivity index (χ0) is 38.5. The molecule has 0 saturated carbocycles. The number of hydrogen-bond acceptors (Lipinski definition) is 6. The highest BCUT2D eigenvalue weighted by Gasteiger charge is 2.31. The van der Waals surface area contributed by atoms with Crippen molar-refractivity contribution in [1.29, 1.82) is 0 Å². The van der Waals surface area contributed by atoms with Crippen LogP contribution in [0.25, 0.3) is 0 Å². The first-order chi connectivity index (χ1) is 25.1. The van der Waals surface area contributed by atoms with Gasteiger partial charge in [0.2, 0.25) is 0 Å². The van der Waals surface area contributed by atoms with E-state index in [1.54, 1.807) is 0 Å². The maximum atomic E-state index is 12.6. The SMILES string of the molecule is CC/C=C\C/C=C\C/C=C\C/C=C\CCC(=O)OC(COCCC(C(=O)O)[N+](C)(C)C)COC(=O)CCCCCCC/C=C\C/C=C\CCCCC. The number of carbonyl (C=O) groups excluding carboxylic acids is 2. The van der Waals surface area contributed by atoms with Gasteiger partial charge in [-0.1, -0.05) is 119 Å². The lowest BCUT2D eigenvalue weighted by molar-refractivity contribution is -0.887. The molecular formula is C44H74NO7+. The van der Waals surface area contributed by atoms with E-state index < -0.39 is 24.1 Å². The molecule has 2 unspecified atom stereocenters. The van der Waals surface area contributed by atoms with Crippen LogP contribution in [0.4, 0.5) is 0 Å². The van der Waals surface area contributed by atoms with Gasteiger partial charge in [0.15, 0.2) is 12.1 Å². The molecule has 8 nitrogen and oxygen atoms in total. The highest BCUT2D eigenvalue weighted by molar-refractivity contribution is 5.72. The van der Waals surface area contributed by atoms with Crippen LogP contribution in [0.3, 0.4) is 0 Å². The molecule has 0 amide bonds. The largest absolute Gasteiger partial charge is 0.477 e. The van der Waals surface area contributed by atoms with Crippen LogP contribution >= 0.6 is 0 Å². The van der Waals surface area contributed by atoms with Gasteiger partial charge in [-0.15, -0.1) is 0 Å². The van der Waals surface area contributed by atoms with Crippen LogP contribution in [0.15, 0.2) is 72.9 Å². The molecule has 8 heteroatoms. The lowest BCUT2D eigenvalue weighted by atomic mass is 10.1. The minimum absolute atomic E-state index is 0.0240. The molecule has 1 N–H and O–H groups in total. The summed E-state index contributed by atoms with van der Waals surface area (Å²) in [6, 6.07) is -0.631. The molecule has 0 aromatic rings. The Bertz CT molecular complexity index is 1080. The van der Waals surface area contributed by atoms with E-state index in [0.717, 1.165) is 70.6 Å². The van der Waals surface area contributed by atoms with Crippen molar-refractivity contribution in [1.82, 2.24) is 0 Å². The van der Waals surface area contributed by atoms with Gasteiger partial charge in [-0.2, -0.15) is 0 Å². The van der Waals surface area contributed by atoms with Gasteiger partial charge in [-0.25, -0.2) is 4.79 Å². The fourth-order valence-electron chi connectivity index (χ4n) is 5.25. The maximum Gasteiger partial charge on any atom is 0.362 e. The van der Waals surface area contributed by atoms with Gasteiger partial charge in [0, 0.05) is 19.3 Å². The number of carboxylic acids is 1. The standard InChI is InChI=1S/C44H73NO7/c1-6-8-10-12-14-16-18-20-21-23-24-26-28-30-32-34-42(46)51-39-40(38-50-37-36-41(44(48)49)45(3,4)5)52-43(47)35-33-31-29-27-25-22-19-17-15-13-11-9-7-2/h9,11,14-17,20-22,25,29,31,40-41H,6-8,10,12-13,18-19,23-24,26-28,30,32-39H2,1-5H3/p+1/b11-9-,16-14-,17-15-,21-20-,25-22-,31-29-. The number of quaternary nitrogens is 1. The predicted octanol–water partition coefficient (Wildman–Crippen LogP) is 10.4. The average molecular weight is 729 g/mol. The summed E-state index contributed by atoms with van der Waals surface area (Å²) in [6.07, 6.45) is 42.5. The average Bonchev–Trinajstić information content (AvgIpc) is 3.09. The molecule has 0 rings (SSSR count). The first-order valence-corrected chi connectivity index (χ1v) is 20.0. The minimum Gasteiger partial charge on any atom is -0.477 e. The Kier molecular flexibility index (Phi) is 32.7. The van der Waals surface area contributed by atoms with E-state index in [-0.39, 0.29) is 36.7 Å². The molecule has 0 aromatic heterocycles. The fraction of sp³-hybridized carbons (Fsp3) is 0.659. The second kappa shape index (κ2) is 34.8. The molecule has 0 fully saturated rings. The topological polar surface area (TPSA) is 99.1 Å². The molecular weight excluding hydrogens is 654 g/mol. The fourth-order valence-corrected chi connectivity index (χ4v) is 5.25. The van der Waals surface area contributed by atoms with Crippen molar-refractivity contribution in [2.24, 2.45) is 0 Å². The molecule has 0 radical (unpaired) electrons. The van der Waals surface area contributed by atoms with E-state index >= 15 is 0 Å². The number of esters is 2. The molecule has 52 heavy (non-hydrogen) atoms. The first-order valence-electron chi connectivity index (χ1n) is 20.0. The summed E-state index contributed by atoms with van der Waals surface area (Å²) >= 11 is 0. The molecule has 0 heterocycles. The van der Waals surface area contributed by atoms with E-state index in [4.69, 9.17) is 14.2 Å². The van der Waals surface area contributed by atoms with Crippen molar-refractivity contribution in [2.75, 3.05) is 41.0 Å². The second-order valence-electron chi connectivity index (χ2n) is 14.1. The molecule has 0 aliphatic heterocycles. The van der Waals surface area contributed by atoms with Gasteiger partial charge in [0.05, 0.1) is 34.4 Å². The number of nitrogens with zero attached hydrogens (tertiary/aromatic N) is 1. The molecule has 0 spiro atoms. The third kappa shape index (κ3) is 32.7. The van der Waals surface area contributed by atoms with E-state index in [1.807, 2.05) is 33.3 Å².